The van der Waals surface area contributed by atoms with Crippen LogP contribution in [0.25, 0.3) is 0 Å². The Balaban J connectivity index is 4.53. The third kappa shape index (κ3) is 9.32. The Bertz CT molecular complexity index is 327. The number of carboxylic acid groups (broad SMARTS) is 1. The fourth-order valence-electron chi connectivity index (χ4n) is 2.41. The highest BCUT2D eigenvalue weighted by molar-refractivity contribution is 5.74. The first kappa shape index (κ1) is 19.7. The summed E-state index contributed by atoms with van der Waals surface area (Å²) in [6, 6.07) is 0.0354. The largest absolute Gasteiger partial charge is 0.481 e. The van der Waals surface area contributed by atoms with Crippen molar-refractivity contribution in [3.63, 3.8) is 0 Å². The molecule has 0 aromatic rings. The number of rotatable bonds is 9. The molecule has 5 heteroatoms. The first-order valence-corrected chi connectivity index (χ1v) is 7.89. The van der Waals surface area contributed by atoms with Crippen molar-refractivity contribution in [2.24, 2.45) is 17.8 Å². The van der Waals surface area contributed by atoms with Crippen LogP contribution in [0, 0.1) is 17.8 Å². The molecule has 0 fully saturated rings. The number of aliphatic carboxylic acids is 1. The van der Waals surface area contributed by atoms with E-state index < -0.39 is 5.97 Å². The maximum atomic E-state index is 12.3. The summed E-state index contributed by atoms with van der Waals surface area (Å²) >= 11 is 0. The molecule has 2 amide bonds. The number of nitrogens with one attached hydrogen (secondary N) is 1. The van der Waals surface area contributed by atoms with Gasteiger partial charge >= 0.3 is 12.0 Å². The van der Waals surface area contributed by atoms with Gasteiger partial charge in [-0.25, -0.2) is 4.79 Å². The van der Waals surface area contributed by atoms with Gasteiger partial charge in [0.1, 0.15) is 0 Å². The van der Waals surface area contributed by atoms with Gasteiger partial charge in [0.05, 0.1) is 0 Å². The molecule has 2 N–H and O–H groups in total. The van der Waals surface area contributed by atoms with E-state index in [0.29, 0.717) is 24.9 Å². The van der Waals surface area contributed by atoms with Crippen LogP contribution in [0.3, 0.4) is 0 Å². The summed E-state index contributed by atoms with van der Waals surface area (Å²) in [6.45, 7) is 13.4. The number of nitrogens with zero attached hydrogens (tertiary/aromatic N) is 1. The van der Waals surface area contributed by atoms with E-state index in [1.807, 2.05) is 13.8 Å². The standard InChI is InChI=1S/C16H32N2O3/c1-11(2)7-14(8-15(19)20)9-17-16(21)18(13(5)6)10-12(3)4/h11-14H,7-10H2,1-6H3,(H,17,21)(H,19,20). The second-order valence-electron chi connectivity index (χ2n) is 6.92. The minimum Gasteiger partial charge on any atom is -0.481 e. The van der Waals surface area contributed by atoms with Gasteiger partial charge in [-0.15, -0.1) is 0 Å². The number of hydrogen-bond donors (Lipinski definition) is 2. The Kier molecular flexibility index (Phi) is 9.06. The van der Waals surface area contributed by atoms with Gasteiger partial charge in [0.15, 0.2) is 0 Å². The minimum absolute atomic E-state index is 0.0143. The minimum atomic E-state index is -0.808. The molecule has 1 atom stereocenters. The third-order valence-electron chi connectivity index (χ3n) is 3.26. The second-order valence-corrected chi connectivity index (χ2v) is 6.92. The molecule has 0 spiro atoms. The van der Waals surface area contributed by atoms with Gasteiger partial charge < -0.3 is 15.3 Å². The van der Waals surface area contributed by atoms with Crippen LogP contribution < -0.4 is 5.32 Å². The first-order chi connectivity index (χ1) is 9.63. The van der Waals surface area contributed by atoms with E-state index in [9.17, 15) is 9.59 Å². The molecule has 0 radical (unpaired) electrons. The maximum Gasteiger partial charge on any atom is 0.317 e. The van der Waals surface area contributed by atoms with Gasteiger partial charge in [-0.2, -0.15) is 0 Å². The molecule has 0 aliphatic heterocycles. The predicted octanol–water partition coefficient (Wildman–Crippen LogP) is 3.20. The molecule has 0 heterocycles. The summed E-state index contributed by atoms with van der Waals surface area (Å²) in [5.41, 5.74) is 0. The molecule has 0 bridgehead atoms. The fraction of sp³-hybridized carbons (Fsp3) is 0.875. The number of urea groups is 1. The topological polar surface area (TPSA) is 69.6 Å². The van der Waals surface area contributed by atoms with Crippen LogP contribution in [-0.2, 0) is 4.79 Å². The zero-order chi connectivity index (χ0) is 16.6. The molecule has 21 heavy (non-hydrogen) atoms. The van der Waals surface area contributed by atoms with Crippen LogP contribution in [0.4, 0.5) is 4.79 Å². The van der Waals surface area contributed by atoms with Crippen LogP contribution >= 0.6 is 0 Å². The van der Waals surface area contributed by atoms with Crippen molar-refractivity contribution in [2.75, 3.05) is 13.1 Å². The molecular weight excluding hydrogens is 268 g/mol. The normalized spacial score (nSPS) is 12.8. The summed E-state index contributed by atoms with van der Waals surface area (Å²) in [7, 11) is 0. The Hall–Kier alpha value is -1.26. The van der Waals surface area contributed by atoms with Gasteiger partial charge in [-0.05, 0) is 38.0 Å². The molecule has 0 saturated heterocycles. The van der Waals surface area contributed by atoms with E-state index in [4.69, 9.17) is 5.11 Å². The molecular formula is C16H32N2O3. The van der Waals surface area contributed by atoms with Gasteiger partial charge in [0.25, 0.3) is 0 Å². The summed E-state index contributed by atoms with van der Waals surface area (Å²) in [5, 5.41) is 11.9. The highest BCUT2D eigenvalue weighted by Crippen LogP contribution is 2.15. The summed E-state index contributed by atoms with van der Waals surface area (Å²) in [6.07, 6.45) is 0.906. The predicted molar refractivity (Wildman–Crippen MR) is 85.3 cm³/mol. The number of carbonyl (C=O) groups excluding carboxylic acids is 1. The molecule has 124 valence electrons. The molecule has 0 aliphatic rings. The average Bonchev–Trinajstić information content (AvgIpc) is 2.30. The van der Waals surface area contributed by atoms with E-state index in [2.05, 4.69) is 33.0 Å². The summed E-state index contributed by atoms with van der Waals surface area (Å²) in [5.74, 6) is 0.00376. The second kappa shape index (κ2) is 9.64. The lowest BCUT2D eigenvalue weighted by atomic mass is 9.94. The van der Waals surface area contributed by atoms with Crippen LogP contribution in [0.15, 0.2) is 0 Å². The van der Waals surface area contributed by atoms with E-state index in [1.165, 1.54) is 0 Å². The Morgan fingerprint density at radius 1 is 1.05 bits per heavy atom. The van der Waals surface area contributed by atoms with Gasteiger partial charge in [0.2, 0.25) is 0 Å². The molecule has 0 rings (SSSR count). The van der Waals surface area contributed by atoms with E-state index in [1.54, 1.807) is 4.90 Å². The zero-order valence-corrected chi connectivity index (χ0v) is 14.3. The quantitative estimate of drug-likeness (QED) is 0.687. The molecule has 0 aromatic carbocycles. The molecule has 0 saturated carbocycles. The van der Waals surface area contributed by atoms with Crippen LogP contribution in [0.5, 0.6) is 0 Å². The molecule has 0 aromatic heterocycles. The molecule has 0 aliphatic carbocycles. The van der Waals surface area contributed by atoms with Crippen molar-refractivity contribution >= 4 is 12.0 Å². The SMILES string of the molecule is CC(C)CC(CNC(=O)N(CC(C)C)C(C)C)CC(=O)O. The smallest absolute Gasteiger partial charge is 0.317 e. The van der Waals surface area contributed by atoms with Gasteiger partial charge in [-0.3, -0.25) is 4.79 Å². The fourth-order valence-corrected chi connectivity index (χ4v) is 2.41. The maximum absolute atomic E-state index is 12.3. The monoisotopic (exact) mass is 300 g/mol. The van der Waals surface area contributed by atoms with E-state index >= 15 is 0 Å². The lowest BCUT2D eigenvalue weighted by Crippen LogP contribution is -2.47. The zero-order valence-electron chi connectivity index (χ0n) is 14.3. The first-order valence-electron chi connectivity index (χ1n) is 7.89. The third-order valence-corrected chi connectivity index (χ3v) is 3.26. The average molecular weight is 300 g/mol. The van der Waals surface area contributed by atoms with Crippen molar-refractivity contribution in [3.05, 3.63) is 0 Å². The molecule has 1 unspecified atom stereocenters. The van der Waals surface area contributed by atoms with Crippen molar-refractivity contribution in [1.29, 1.82) is 0 Å². The number of hydrogen-bond acceptors (Lipinski definition) is 2. The number of carboxylic acids is 1. The van der Waals surface area contributed by atoms with Gasteiger partial charge in [0, 0.05) is 25.6 Å². The van der Waals surface area contributed by atoms with Gasteiger partial charge in [-0.1, -0.05) is 27.7 Å². The highest BCUT2D eigenvalue weighted by atomic mass is 16.4. The lowest BCUT2D eigenvalue weighted by Gasteiger charge is -2.29. The summed E-state index contributed by atoms with van der Waals surface area (Å²) < 4.78 is 0. The van der Waals surface area contributed by atoms with Crippen molar-refractivity contribution in [2.45, 2.75) is 60.4 Å². The Morgan fingerprint density at radius 2 is 1.62 bits per heavy atom. The van der Waals surface area contributed by atoms with Crippen molar-refractivity contribution in [3.8, 4) is 0 Å². The highest BCUT2D eigenvalue weighted by Gasteiger charge is 2.20. The summed E-state index contributed by atoms with van der Waals surface area (Å²) in [4.78, 5) is 25.0. The van der Waals surface area contributed by atoms with Crippen LogP contribution in [-0.4, -0.2) is 41.1 Å². The van der Waals surface area contributed by atoms with Crippen molar-refractivity contribution in [1.82, 2.24) is 10.2 Å². The van der Waals surface area contributed by atoms with E-state index in [0.717, 1.165) is 6.42 Å². The van der Waals surface area contributed by atoms with E-state index in [-0.39, 0.29) is 24.4 Å². The molecule has 5 nitrogen and oxygen atoms in total. The van der Waals surface area contributed by atoms with Crippen LogP contribution in [0.1, 0.15) is 54.4 Å². The lowest BCUT2D eigenvalue weighted by molar-refractivity contribution is -0.138. The number of carbonyl (C=O) groups is 2. The van der Waals surface area contributed by atoms with Crippen LogP contribution in [0.2, 0.25) is 0 Å². The Morgan fingerprint density at radius 3 is 2.00 bits per heavy atom. The number of amides is 2. The van der Waals surface area contributed by atoms with Crippen molar-refractivity contribution < 1.29 is 14.7 Å². The Labute approximate surface area is 129 Å².